The Kier molecular flexibility index (Phi) is 5.48. The first kappa shape index (κ1) is 20.7. The predicted molar refractivity (Wildman–Crippen MR) is 103 cm³/mol. The van der Waals surface area contributed by atoms with E-state index >= 15 is 0 Å². The van der Waals surface area contributed by atoms with Gasteiger partial charge in [-0.25, -0.2) is 9.78 Å². The molecule has 0 saturated heterocycles. The molecule has 0 aliphatic heterocycles. The average molecular weight is 443 g/mol. The molecule has 2 fully saturated rings. The number of hydrogen-bond donors (Lipinski definition) is 2. The fourth-order valence-corrected chi connectivity index (χ4v) is 4.21. The summed E-state index contributed by atoms with van der Waals surface area (Å²) in [6.45, 7) is 0.414. The fraction of sp³-hybridized carbons (Fsp3) is 0.526. The molecule has 0 bridgehead atoms. The summed E-state index contributed by atoms with van der Waals surface area (Å²) in [5.41, 5.74) is -0.859. The van der Waals surface area contributed by atoms with Crippen LogP contribution in [-0.2, 0) is 10.9 Å². The van der Waals surface area contributed by atoms with Crippen molar-refractivity contribution in [1.29, 1.82) is 0 Å². The number of amides is 2. The third kappa shape index (κ3) is 4.45. The maximum Gasteiger partial charge on any atom is 0.418 e. The Balaban J connectivity index is 1.44. The topological polar surface area (TPSA) is 89.6 Å². The van der Waals surface area contributed by atoms with Crippen LogP contribution in [0.25, 0.3) is 10.2 Å². The van der Waals surface area contributed by atoms with Gasteiger partial charge >= 0.3 is 12.3 Å². The van der Waals surface area contributed by atoms with Crippen molar-refractivity contribution in [2.45, 2.75) is 44.0 Å². The maximum absolute atomic E-state index is 13.5. The SMILES string of the molecule is CNC(=O)c1csc2c(C(F)(F)F)cc(OC3CC(NC(=O)OCC4CC4)C3)nc12. The van der Waals surface area contributed by atoms with Crippen molar-refractivity contribution in [2.24, 2.45) is 5.92 Å². The third-order valence-corrected chi connectivity index (χ3v) is 6.13. The first-order chi connectivity index (χ1) is 14.2. The molecule has 2 aliphatic carbocycles. The van der Waals surface area contributed by atoms with Crippen molar-refractivity contribution in [3.8, 4) is 5.88 Å². The van der Waals surface area contributed by atoms with E-state index in [1.807, 2.05) is 0 Å². The standard InChI is InChI=1S/C19H20F3N3O4S/c1-23-17(26)12-8-30-16-13(19(20,21)22)6-14(25-15(12)16)29-11-4-10(5-11)24-18(27)28-7-9-2-3-9/h6,8-11H,2-5,7H2,1H3,(H,23,26)(H,24,27). The average Bonchev–Trinajstić information content (AvgIpc) is 3.40. The summed E-state index contributed by atoms with van der Waals surface area (Å²) >= 11 is 0.816. The number of fused-ring (bicyclic) bond motifs is 1. The molecule has 11 heteroatoms. The number of nitrogens with zero attached hydrogens (tertiary/aromatic N) is 1. The Bertz CT molecular complexity index is 968. The third-order valence-electron chi connectivity index (χ3n) is 5.13. The second-order valence-corrected chi connectivity index (χ2v) is 8.39. The molecule has 0 unspecified atom stereocenters. The zero-order valence-electron chi connectivity index (χ0n) is 16.0. The van der Waals surface area contributed by atoms with E-state index in [1.54, 1.807) is 0 Å². The summed E-state index contributed by atoms with van der Waals surface area (Å²) in [6, 6.07) is 0.701. The summed E-state index contributed by atoms with van der Waals surface area (Å²) in [4.78, 5) is 27.8. The van der Waals surface area contributed by atoms with Gasteiger partial charge in [-0.15, -0.1) is 11.3 Å². The van der Waals surface area contributed by atoms with E-state index in [9.17, 15) is 22.8 Å². The molecule has 4 rings (SSSR count). The molecule has 2 aromatic rings. The number of carbonyl (C=O) groups is 2. The molecule has 0 spiro atoms. The van der Waals surface area contributed by atoms with Crippen LogP contribution >= 0.6 is 11.3 Å². The van der Waals surface area contributed by atoms with Crippen molar-refractivity contribution in [2.75, 3.05) is 13.7 Å². The van der Waals surface area contributed by atoms with E-state index in [4.69, 9.17) is 9.47 Å². The molecule has 0 aromatic carbocycles. The van der Waals surface area contributed by atoms with Gasteiger partial charge in [0, 0.05) is 37.4 Å². The minimum absolute atomic E-state index is 0.0400. The van der Waals surface area contributed by atoms with E-state index in [0.29, 0.717) is 25.4 Å². The summed E-state index contributed by atoms with van der Waals surface area (Å²) in [7, 11) is 1.40. The van der Waals surface area contributed by atoms with E-state index < -0.39 is 23.7 Å². The van der Waals surface area contributed by atoms with Gasteiger partial charge in [0.15, 0.2) is 0 Å². The second kappa shape index (κ2) is 7.93. The fourth-order valence-electron chi connectivity index (χ4n) is 3.19. The van der Waals surface area contributed by atoms with Gasteiger partial charge in [-0.1, -0.05) is 0 Å². The lowest BCUT2D eigenvalue weighted by molar-refractivity contribution is -0.136. The van der Waals surface area contributed by atoms with Crippen LogP contribution in [0.15, 0.2) is 11.4 Å². The van der Waals surface area contributed by atoms with Crippen LogP contribution in [-0.4, -0.2) is 42.8 Å². The van der Waals surface area contributed by atoms with Crippen molar-refractivity contribution in [3.63, 3.8) is 0 Å². The Morgan fingerprint density at radius 1 is 1.30 bits per heavy atom. The summed E-state index contributed by atoms with van der Waals surface area (Å²) in [5, 5.41) is 6.47. The van der Waals surface area contributed by atoms with Crippen LogP contribution in [0.5, 0.6) is 5.88 Å². The van der Waals surface area contributed by atoms with Gasteiger partial charge in [0.25, 0.3) is 5.91 Å². The highest BCUT2D eigenvalue weighted by molar-refractivity contribution is 7.17. The van der Waals surface area contributed by atoms with Crippen LogP contribution in [0, 0.1) is 5.92 Å². The van der Waals surface area contributed by atoms with Gasteiger partial charge < -0.3 is 20.1 Å². The first-order valence-corrected chi connectivity index (χ1v) is 10.4. The van der Waals surface area contributed by atoms with Crippen molar-refractivity contribution < 1.29 is 32.2 Å². The number of alkyl carbamates (subject to hydrolysis) is 1. The minimum atomic E-state index is -4.61. The van der Waals surface area contributed by atoms with Crippen molar-refractivity contribution in [3.05, 3.63) is 22.6 Å². The molecule has 0 atom stereocenters. The number of nitrogens with one attached hydrogen (secondary N) is 2. The largest absolute Gasteiger partial charge is 0.474 e. The first-order valence-electron chi connectivity index (χ1n) is 9.56. The zero-order chi connectivity index (χ0) is 21.5. The van der Waals surface area contributed by atoms with E-state index in [-0.39, 0.29) is 33.8 Å². The van der Waals surface area contributed by atoms with Gasteiger partial charge in [0.2, 0.25) is 5.88 Å². The Hall–Kier alpha value is -2.56. The van der Waals surface area contributed by atoms with Gasteiger partial charge in [-0.3, -0.25) is 4.79 Å². The van der Waals surface area contributed by atoms with Gasteiger partial charge in [-0.2, -0.15) is 13.2 Å². The number of halogens is 3. The molecule has 2 N–H and O–H groups in total. The number of pyridine rings is 1. The second-order valence-electron chi connectivity index (χ2n) is 7.51. The van der Waals surface area contributed by atoms with Gasteiger partial charge in [0.05, 0.1) is 28.0 Å². The smallest absolute Gasteiger partial charge is 0.418 e. The summed E-state index contributed by atoms with van der Waals surface area (Å²) < 4.78 is 51.2. The number of thiophene rings is 1. The molecule has 2 aliphatic rings. The Labute approximate surface area is 173 Å². The maximum atomic E-state index is 13.5. The Morgan fingerprint density at radius 2 is 2.03 bits per heavy atom. The van der Waals surface area contributed by atoms with Crippen LogP contribution in [0.1, 0.15) is 41.6 Å². The van der Waals surface area contributed by atoms with Crippen molar-refractivity contribution in [1.82, 2.24) is 15.6 Å². The van der Waals surface area contributed by atoms with Crippen LogP contribution in [0.4, 0.5) is 18.0 Å². The molecule has 30 heavy (non-hydrogen) atoms. The number of hydrogen-bond acceptors (Lipinski definition) is 6. The number of carbonyl (C=O) groups excluding carboxylic acids is 2. The van der Waals surface area contributed by atoms with Crippen LogP contribution < -0.4 is 15.4 Å². The molecule has 0 radical (unpaired) electrons. The molecular formula is C19H20F3N3O4S. The highest BCUT2D eigenvalue weighted by Crippen LogP contribution is 2.40. The lowest BCUT2D eigenvalue weighted by Crippen LogP contribution is -2.49. The quantitative estimate of drug-likeness (QED) is 0.710. The Morgan fingerprint density at radius 3 is 2.67 bits per heavy atom. The number of alkyl halides is 3. The number of ether oxygens (including phenoxy) is 2. The van der Waals surface area contributed by atoms with E-state index in [0.717, 1.165) is 30.2 Å². The molecule has 2 amide bonds. The number of rotatable bonds is 6. The molecular weight excluding hydrogens is 423 g/mol. The normalized spacial score (nSPS) is 21.1. The summed E-state index contributed by atoms with van der Waals surface area (Å²) in [6.07, 6.45) is -2.45. The molecule has 7 nitrogen and oxygen atoms in total. The zero-order valence-corrected chi connectivity index (χ0v) is 16.9. The van der Waals surface area contributed by atoms with Crippen LogP contribution in [0.2, 0.25) is 0 Å². The summed E-state index contributed by atoms with van der Waals surface area (Å²) in [5.74, 6) is -0.247. The predicted octanol–water partition coefficient (Wildman–Crippen LogP) is 3.72. The van der Waals surface area contributed by atoms with Crippen molar-refractivity contribution >= 4 is 33.6 Å². The molecule has 2 heterocycles. The minimum Gasteiger partial charge on any atom is -0.474 e. The number of aromatic nitrogens is 1. The van der Waals surface area contributed by atoms with Gasteiger partial charge in [-0.05, 0) is 18.8 Å². The molecule has 162 valence electrons. The lowest BCUT2D eigenvalue weighted by atomic mass is 9.89. The molecule has 2 aromatic heterocycles. The highest BCUT2D eigenvalue weighted by Gasteiger charge is 2.37. The van der Waals surface area contributed by atoms with E-state index in [2.05, 4.69) is 15.6 Å². The monoisotopic (exact) mass is 443 g/mol. The van der Waals surface area contributed by atoms with Gasteiger partial charge in [0.1, 0.15) is 6.10 Å². The molecule has 2 saturated carbocycles. The highest BCUT2D eigenvalue weighted by atomic mass is 32.1. The lowest BCUT2D eigenvalue weighted by Gasteiger charge is -2.35. The van der Waals surface area contributed by atoms with E-state index in [1.165, 1.54) is 12.4 Å². The van der Waals surface area contributed by atoms with Crippen LogP contribution in [0.3, 0.4) is 0 Å².